The lowest BCUT2D eigenvalue weighted by molar-refractivity contribution is 0.0595. The first-order chi connectivity index (χ1) is 11.1. The fraction of sp³-hybridized carbons (Fsp3) is 0.294. The first-order valence-electron chi connectivity index (χ1n) is 7.52. The molecule has 0 radical (unpaired) electrons. The van der Waals surface area contributed by atoms with Crippen LogP contribution in [0.15, 0.2) is 47.4 Å². The Kier molecular flexibility index (Phi) is 4.67. The number of H-pyrrole nitrogens is 1. The van der Waals surface area contributed by atoms with E-state index < -0.39 is 0 Å². The molecule has 120 valence electrons. The number of aromatic nitrogens is 1. The summed E-state index contributed by atoms with van der Waals surface area (Å²) in [5.74, 6) is 0.686. The largest absolute Gasteiger partial charge is 0.490 e. The number of nitrogens with one attached hydrogen (secondary N) is 1. The Labute approximate surface area is 138 Å². The number of benzene rings is 1. The third-order valence-corrected chi connectivity index (χ3v) is 4.09. The number of aromatic amines is 1. The van der Waals surface area contributed by atoms with E-state index in [9.17, 15) is 9.59 Å². The van der Waals surface area contributed by atoms with E-state index in [1.807, 2.05) is 12.1 Å². The van der Waals surface area contributed by atoms with Gasteiger partial charge in [0.1, 0.15) is 11.9 Å². The molecular weight excluding hydrogens is 316 g/mol. The molecule has 6 heteroatoms. The van der Waals surface area contributed by atoms with Crippen molar-refractivity contribution in [2.75, 3.05) is 13.1 Å². The topological polar surface area (TPSA) is 62.4 Å². The minimum absolute atomic E-state index is 0.0672. The molecule has 2 aromatic rings. The normalized spacial score (nSPS) is 15.4. The van der Waals surface area contributed by atoms with Crippen LogP contribution >= 0.6 is 11.6 Å². The summed E-state index contributed by atoms with van der Waals surface area (Å²) in [5.41, 5.74) is 0.286. The number of carbonyl (C=O) groups excluding carboxylic acids is 1. The van der Waals surface area contributed by atoms with E-state index in [0.29, 0.717) is 23.7 Å². The number of hydrogen-bond donors (Lipinski definition) is 1. The zero-order valence-corrected chi connectivity index (χ0v) is 13.3. The molecular formula is C17H17ClN2O3. The molecule has 1 aromatic heterocycles. The van der Waals surface area contributed by atoms with Gasteiger partial charge in [0.15, 0.2) is 0 Å². The number of halogens is 1. The molecule has 0 aliphatic carbocycles. The standard InChI is InChI=1S/C17H17ClN2O3/c18-13-2-1-3-15(10-13)23-14-6-8-20(9-7-14)17(22)12-4-5-16(21)19-11-12/h1-5,10-11,14H,6-9H2,(H,19,21). The Bertz CT molecular complexity index is 731. The van der Waals surface area contributed by atoms with Crippen LogP contribution in [0.1, 0.15) is 23.2 Å². The monoisotopic (exact) mass is 332 g/mol. The summed E-state index contributed by atoms with van der Waals surface area (Å²) in [6, 6.07) is 10.2. The Morgan fingerprint density at radius 3 is 2.65 bits per heavy atom. The van der Waals surface area contributed by atoms with Crippen molar-refractivity contribution in [3.8, 4) is 5.75 Å². The van der Waals surface area contributed by atoms with Crippen LogP contribution in [0.25, 0.3) is 0 Å². The highest BCUT2D eigenvalue weighted by Crippen LogP contribution is 2.22. The van der Waals surface area contributed by atoms with E-state index in [2.05, 4.69) is 4.98 Å². The zero-order valence-electron chi connectivity index (χ0n) is 12.5. The molecule has 0 saturated carbocycles. The van der Waals surface area contributed by atoms with Gasteiger partial charge in [0.05, 0.1) is 5.56 Å². The lowest BCUT2D eigenvalue weighted by Gasteiger charge is -2.32. The maximum Gasteiger partial charge on any atom is 0.255 e. The smallest absolute Gasteiger partial charge is 0.255 e. The van der Waals surface area contributed by atoms with Gasteiger partial charge in [-0.2, -0.15) is 0 Å². The fourth-order valence-corrected chi connectivity index (χ4v) is 2.82. The summed E-state index contributed by atoms with van der Waals surface area (Å²) in [7, 11) is 0. The zero-order chi connectivity index (χ0) is 16.2. The van der Waals surface area contributed by atoms with E-state index in [1.54, 1.807) is 23.1 Å². The van der Waals surface area contributed by atoms with Crippen LogP contribution in [0.2, 0.25) is 5.02 Å². The first kappa shape index (κ1) is 15.6. The molecule has 1 fully saturated rings. The van der Waals surface area contributed by atoms with Gasteiger partial charge in [0.25, 0.3) is 5.91 Å². The van der Waals surface area contributed by atoms with Gasteiger partial charge in [0, 0.05) is 43.2 Å². The Morgan fingerprint density at radius 1 is 1.22 bits per heavy atom. The highest BCUT2D eigenvalue weighted by molar-refractivity contribution is 6.30. The Balaban J connectivity index is 1.56. The molecule has 0 bridgehead atoms. The van der Waals surface area contributed by atoms with Crippen LogP contribution in [0.4, 0.5) is 0 Å². The van der Waals surface area contributed by atoms with Crippen LogP contribution in [0.5, 0.6) is 5.75 Å². The molecule has 1 aliphatic heterocycles. The second-order valence-electron chi connectivity index (χ2n) is 5.51. The number of rotatable bonds is 3. The summed E-state index contributed by atoms with van der Waals surface area (Å²) in [6.07, 6.45) is 3.07. The lowest BCUT2D eigenvalue weighted by Crippen LogP contribution is -2.41. The Morgan fingerprint density at radius 2 is 2.00 bits per heavy atom. The van der Waals surface area contributed by atoms with Crippen molar-refractivity contribution >= 4 is 17.5 Å². The predicted octanol–water partition coefficient (Wildman–Crippen LogP) is 2.71. The van der Waals surface area contributed by atoms with Gasteiger partial charge in [-0.3, -0.25) is 9.59 Å². The van der Waals surface area contributed by atoms with Crippen molar-refractivity contribution in [3.63, 3.8) is 0 Å². The molecule has 23 heavy (non-hydrogen) atoms. The number of ether oxygens (including phenoxy) is 1. The molecule has 1 N–H and O–H groups in total. The number of carbonyl (C=O) groups is 1. The molecule has 1 aromatic carbocycles. The maximum absolute atomic E-state index is 12.4. The molecule has 3 rings (SSSR count). The number of likely N-dealkylation sites (tertiary alicyclic amines) is 1. The van der Waals surface area contributed by atoms with Gasteiger partial charge >= 0.3 is 0 Å². The highest BCUT2D eigenvalue weighted by atomic mass is 35.5. The van der Waals surface area contributed by atoms with Crippen molar-refractivity contribution in [1.29, 1.82) is 0 Å². The molecule has 1 aliphatic rings. The molecule has 0 unspecified atom stereocenters. The highest BCUT2D eigenvalue weighted by Gasteiger charge is 2.24. The van der Waals surface area contributed by atoms with Gasteiger partial charge in [-0.05, 0) is 24.3 Å². The summed E-state index contributed by atoms with van der Waals surface area (Å²) in [4.78, 5) is 27.7. The molecule has 0 spiro atoms. The maximum atomic E-state index is 12.4. The SMILES string of the molecule is O=C(c1ccc(=O)[nH]c1)N1CCC(Oc2cccc(Cl)c2)CC1. The first-order valence-corrected chi connectivity index (χ1v) is 7.90. The van der Waals surface area contributed by atoms with Gasteiger partial charge in [-0.1, -0.05) is 17.7 Å². The summed E-state index contributed by atoms with van der Waals surface area (Å²) >= 11 is 5.95. The van der Waals surface area contributed by atoms with E-state index in [-0.39, 0.29) is 17.6 Å². The van der Waals surface area contributed by atoms with Gasteiger partial charge in [-0.15, -0.1) is 0 Å². The quantitative estimate of drug-likeness (QED) is 0.940. The minimum atomic E-state index is -0.213. The van der Waals surface area contributed by atoms with Gasteiger partial charge in [-0.25, -0.2) is 0 Å². The van der Waals surface area contributed by atoms with Crippen molar-refractivity contribution < 1.29 is 9.53 Å². The number of hydrogen-bond acceptors (Lipinski definition) is 3. The average molecular weight is 333 g/mol. The number of pyridine rings is 1. The Hall–Kier alpha value is -2.27. The van der Waals surface area contributed by atoms with Crippen LogP contribution in [-0.4, -0.2) is 35.0 Å². The molecule has 1 saturated heterocycles. The number of nitrogens with zero attached hydrogens (tertiary/aromatic N) is 1. The minimum Gasteiger partial charge on any atom is -0.490 e. The van der Waals surface area contributed by atoms with Crippen molar-refractivity contribution in [2.45, 2.75) is 18.9 Å². The van der Waals surface area contributed by atoms with E-state index in [0.717, 1.165) is 18.6 Å². The molecule has 5 nitrogen and oxygen atoms in total. The van der Waals surface area contributed by atoms with Crippen molar-refractivity contribution in [3.05, 3.63) is 63.5 Å². The van der Waals surface area contributed by atoms with Crippen LogP contribution in [0.3, 0.4) is 0 Å². The van der Waals surface area contributed by atoms with Crippen LogP contribution in [-0.2, 0) is 0 Å². The summed E-state index contributed by atoms with van der Waals surface area (Å²) in [6.45, 7) is 1.26. The second-order valence-corrected chi connectivity index (χ2v) is 5.94. The van der Waals surface area contributed by atoms with Crippen molar-refractivity contribution in [1.82, 2.24) is 9.88 Å². The van der Waals surface area contributed by atoms with Gasteiger partial charge < -0.3 is 14.6 Å². The molecule has 1 amide bonds. The van der Waals surface area contributed by atoms with E-state index in [1.165, 1.54) is 12.3 Å². The van der Waals surface area contributed by atoms with Crippen LogP contribution in [0, 0.1) is 0 Å². The van der Waals surface area contributed by atoms with Crippen LogP contribution < -0.4 is 10.3 Å². The number of piperidine rings is 1. The van der Waals surface area contributed by atoms with E-state index >= 15 is 0 Å². The average Bonchev–Trinajstić information content (AvgIpc) is 2.56. The second kappa shape index (κ2) is 6.87. The van der Waals surface area contributed by atoms with E-state index in [4.69, 9.17) is 16.3 Å². The summed E-state index contributed by atoms with van der Waals surface area (Å²) in [5, 5.41) is 0.646. The number of amides is 1. The summed E-state index contributed by atoms with van der Waals surface area (Å²) < 4.78 is 5.92. The predicted molar refractivity (Wildman–Crippen MR) is 88.1 cm³/mol. The molecule has 2 heterocycles. The fourth-order valence-electron chi connectivity index (χ4n) is 2.64. The van der Waals surface area contributed by atoms with Crippen molar-refractivity contribution in [2.24, 2.45) is 0 Å². The third-order valence-electron chi connectivity index (χ3n) is 3.86. The van der Waals surface area contributed by atoms with Gasteiger partial charge in [0.2, 0.25) is 5.56 Å². The molecule has 0 atom stereocenters. The third kappa shape index (κ3) is 3.93. The lowest BCUT2D eigenvalue weighted by atomic mass is 10.1.